The van der Waals surface area contributed by atoms with Crippen LogP contribution in [0.2, 0.25) is 0 Å². The van der Waals surface area contributed by atoms with Gasteiger partial charge in [0.1, 0.15) is 6.10 Å². The molecular formula is C25H34O5. The van der Waals surface area contributed by atoms with Gasteiger partial charge >= 0.3 is 5.97 Å². The van der Waals surface area contributed by atoms with Crippen molar-refractivity contribution in [2.24, 2.45) is 34.5 Å². The van der Waals surface area contributed by atoms with E-state index < -0.39 is 29.2 Å². The molecule has 0 saturated heterocycles. The van der Waals surface area contributed by atoms with E-state index in [0.29, 0.717) is 22.6 Å². The summed E-state index contributed by atoms with van der Waals surface area (Å²) in [6.07, 6.45) is 3.74. The van der Waals surface area contributed by atoms with Crippen LogP contribution in [0.25, 0.3) is 0 Å². The van der Waals surface area contributed by atoms with E-state index in [0.717, 1.165) is 6.42 Å². The molecule has 1 spiro atoms. The van der Waals surface area contributed by atoms with Crippen molar-refractivity contribution in [3.05, 3.63) is 34.9 Å². The minimum atomic E-state index is -1.92. The SMILES string of the molecule is C/C=C(/C)C(=O)O[C@H]1C(C)=C[C@]23C(=O)[C@H](C=C(C)[C@@H](O)[C@]12O)[C@H]1[C@@H](C[C@H]3C)C1(C)C. The molecule has 0 heterocycles. The maximum Gasteiger partial charge on any atom is 0.334 e. The first-order chi connectivity index (χ1) is 13.9. The molecule has 2 bridgehead atoms. The van der Waals surface area contributed by atoms with Gasteiger partial charge < -0.3 is 14.9 Å². The van der Waals surface area contributed by atoms with Crippen molar-refractivity contribution in [3.8, 4) is 0 Å². The molecule has 2 saturated carbocycles. The fraction of sp³-hybridized carbons (Fsp3) is 0.680. The number of aliphatic hydroxyl groups excluding tert-OH is 1. The number of allylic oxidation sites excluding steroid dienone is 2. The molecule has 2 fully saturated rings. The second-order valence-corrected chi connectivity index (χ2v) is 10.6. The average molecular weight is 415 g/mol. The second-order valence-electron chi connectivity index (χ2n) is 10.6. The number of carbonyl (C=O) groups is 2. The highest BCUT2D eigenvalue weighted by Gasteiger charge is 2.76. The van der Waals surface area contributed by atoms with Crippen molar-refractivity contribution >= 4 is 11.8 Å². The van der Waals surface area contributed by atoms with E-state index in [1.165, 1.54) is 0 Å². The zero-order valence-corrected chi connectivity index (χ0v) is 19.0. The Morgan fingerprint density at radius 1 is 1.27 bits per heavy atom. The lowest BCUT2D eigenvalue weighted by atomic mass is 9.59. The maximum atomic E-state index is 14.1. The third-order valence-corrected chi connectivity index (χ3v) is 8.82. The summed E-state index contributed by atoms with van der Waals surface area (Å²) < 4.78 is 5.76. The molecule has 4 rings (SSSR count). The number of aliphatic hydroxyl groups is 2. The zero-order valence-electron chi connectivity index (χ0n) is 19.0. The van der Waals surface area contributed by atoms with Crippen LogP contribution < -0.4 is 0 Å². The molecule has 2 N–H and O–H groups in total. The third-order valence-electron chi connectivity index (χ3n) is 8.82. The Balaban J connectivity index is 1.89. The molecular weight excluding hydrogens is 380 g/mol. The summed E-state index contributed by atoms with van der Waals surface area (Å²) in [5.41, 5.74) is -1.53. The van der Waals surface area contributed by atoms with Crippen molar-refractivity contribution in [3.63, 3.8) is 0 Å². The Hall–Kier alpha value is -1.72. The summed E-state index contributed by atoms with van der Waals surface area (Å²) in [6, 6.07) is 0. The predicted octanol–water partition coefficient (Wildman–Crippen LogP) is 3.36. The minimum absolute atomic E-state index is 0.0490. The van der Waals surface area contributed by atoms with Gasteiger partial charge in [-0.1, -0.05) is 39.0 Å². The molecule has 5 nitrogen and oxygen atoms in total. The lowest BCUT2D eigenvalue weighted by Gasteiger charge is -2.48. The van der Waals surface area contributed by atoms with E-state index in [1.54, 1.807) is 33.8 Å². The van der Waals surface area contributed by atoms with Crippen LogP contribution in [0.4, 0.5) is 0 Å². The molecule has 0 aromatic heterocycles. The monoisotopic (exact) mass is 414 g/mol. The molecule has 0 aromatic rings. The van der Waals surface area contributed by atoms with Gasteiger partial charge in [0, 0.05) is 11.5 Å². The molecule has 0 aliphatic heterocycles. The maximum absolute atomic E-state index is 14.1. The summed E-state index contributed by atoms with van der Waals surface area (Å²) in [6.45, 7) is 13.3. The van der Waals surface area contributed by atoms with Gasteiger partial charge in [-0.25, -0.2) is 4.79 Å². The predicted molar refractivity (Wildman–Crippen MR) is 113 cm³/mol. The van der Waals surface area contributed by atoms with Gasteiger partial charge in [0.05, 0.1) is 5.41 Å². The van der Waals surface area contributed by atoms with E-state index in [9.17, 15) is 19.8 Å². The van der Waals surface area contributed by atoms with E-state index >= 15 is 0 Å². The number of ether oxygens (including phenoxy) is 1. The molecule has 5 heteroatoms. The molecule has 4 aliphatic rings. The highest BCUT2D eigenvalue weighted by Crippen LogP contribution is 2.71. The average Bonchev–Trinajstić information content (AvgIpc) is 3.17. The largest absolute Gasteiger partial charge is 0.451 e. The van der Waals surface area contributed by atoms with Crippen molar-refractivity contribution in [1.29, 1.82) is 0 Å². The van der Waals surface area contributed by atoms with Crippen LogP contribution in [0.3, 0.4) is 0 Å². The smallest absolute Gasteiger partial charge is 0.334 e. The number of ketones is 1. The minimum Gasteiger partial charge on any atom is -0.451 e. The fourth-order valence-corrected chi connectivity index (χ4v) is 6.89. The van der Waals surface area contributed by atoms with Gasteiger partial charge in [-0.15, -0.1) is 0 Å². The van der Waals surface area contributed by atoms with Crippen LogP contribution in [-0.4, -0.2) is 39.8 Å². The van der Waals surface area contributed by atoms with Crippen molar-refractivity contribution < 1.29 is 24.5 Å². The van der Waals surface area contributed by atoms with E-state index in [2.05, 4.69) is 13.8 Å². The Morgan fingerprint density at radius 3 is 2.50 bits per heavy atom. The first kappa shape index (κ1) is 21.5. The lowest BCUT2D eigenvalue weighted by Crippen LogP contribution is -2.65. The highest BCUT2D eigenvalue weighted by atomic mass is 16.6. The summed E-state index contributed by atoms with van der Waals surface area (Å²) in [4.78, 5) is 26.7. The van der Waals surface area contributed by atoms with Crippen LogP contribution in [0.5, 0.6) is 0 Å². The van der Waals surface area contributed by atoms with Crippen molar-refractivity contribution in [2.75, 3.05) is 0 Å². The fourth-order valence-electron chi connectivity index (χ4n) is 6.89. The molecule has 0 aromatic carbocycles. The van der Waals surface area contributed by atoms with E-state index in [4.69, 9.17) is 4.74 Å². The first-order valence-corrected chi connectivity index (χ1v) is 11.0. The number of hydrogen-bond donors (Lipinski definition) is 2. The Labute approximate surface area is 178 Å². The quantitative estimate of drug-likeness (QED) is 0.411. The summed E-state index contributed by atoms with van der Waals surface area (Å²) >= 11 is 0. The number of rotatable bonds is 2. The number of esters is 1. The highest BCUT2D eigenvalue weighted by molar-refractivity contribution is 5.95. The Kier molecular flexibility index (Phi) is 4.58. The molecule has 0 unspecified atom stereocenters. The molecule has 0 radical (unpaired) electrons. The molecule has 8 atom stereocenters. The molecule has 4 aliphatic carbocycles. The van der Waals surface area contributed by atoms with E-state index in [-0.39, 0.29) is 29.0 Å². The van der Waals surface area contributed by atoms with Crippen LogP contribution >= 0.6 is 0 Å². The summed E-state index contributed by atoms with van der Waals surface area (Å²) in [5, 5.41) is 23.6. The van der Waals surface area contributed by atoms with Crippen molar-refractivity contribution in [2.45, 2.75) is 72.7 Å². The van der Waals surface area contributed by atoms with Crippen LogP contribution in [0.1, 0.15) is 54.9 Å². The molecule has 30 heavy (non-hydrogen) atoms. The van der Waals surface area contributed by atoms with Crippen molar-refractivity contribution in [1.82, 2.24) is 0 Å². The third kappa shape index (κ3) is 2.36. The zero-order chi connectivity index (χ0) is 22.4. The van der Waals surface area contributed by atoms with Crippen LogP contribution in [-0.2, 0) is 14.3 Å². The number of carbonyl (C=O) groups excluding carboxylic acids is 2. The van der Waals surface area contributed by atoms with Gasteiger partial charge in [-0.05, 0) is 68.4 Å². The standard InChI is InChI=1S/C25H34O5/c1-8-12(2)22(28)30-21-14(4)11-24-15(5)10-17-18(23(17,6)7)16(20(24)27)9-13(3)19(26)25(21,24)29/h8-9,11,15-19,21,26,29H,10H2,1-7H3/b12-8-/t15-,16-,17-,18+,19-,21+,24+,25+/m1/s1. The topological polar surface area (TPSA) is 83.8 Å². The Morgan fingerprint density at radius 2 is 1.90 bits per heavy atom. The lowest BCUT2D eigenvalue weighted by molar-refractivity contribution is -0.201. The normalized spacial score (nSPS) is 46.7. The van der Waals surface area contributed by atoms with Crippen LogP contribution in [0, 0.1) is 34.5 Å². The number of fused-ring (bicyclic) bond motifs is 3. The number of Topliss-reactive ketones (excluding diaryl/α,β-unsaturated/α-hetero) is 1. The van der Waals surface area contributed by atoms with E-state index in [1.807, 2.05) is 19.1 Å². The van der Waals surface area contributed by atoms with Crippen LogP contribution in [0.15, 0.2) is 34.9 Å². The number of hydrogen-bond acceptors (Lipinski definition) is 5. The van der Waals surface area contributed by atoms with Gasteiger partial charge in [-0.3, -0.25) is 4.79 Å². The Bertz CT molecular complexity index is 908. The summed E-state index contributed by atoms with van der Waals surface area (Å²) in [7, 11) is 0. The molecule has 0 amide bonds. The molecule has 164 valence electrons. The van der Waals surface area contributed by atoms with Gasteiger partial charge in [0.15, 0.2) is 17.5 Å². The van der Waals surface area contributed by atoms with Gasteiger partial charge in [-0.2, -0.15) is 0 Å². The second kappa shape index (κ2) is 6.39. The van der Waals surface area contributed by atoms with Gasteiger partial charge in [0.2, 0.25) is 0 Å². The van der Waals surface area contributed by atoms with Gasteiger partial charge in [0.25, 0.3) is 0 Å². The first-order valence-electron chi connectivity index (χ1n) is 11.0. The summed E-state index contributed by atoms with van der Waals surface area (Å²) in [5.74, 6) is -0.541.